The molecular formula is C9H16I2N2O. The van der Waals surface area contributed by atoms with Gasteiger partial charge in [0.05, 0.1) is 0 Å². The Morgan fingerprint density at radius 3 is 2.21 bits per heavy atom. The van der Waals surface area contributed by atoms with Crippen LogP contribution in [0.4, 0.5) is 0 Å². The summed E-state index contributed by atoms with van der Waals surface area (Å²) in [5, 5.41) is 0. The summed E-state index contributed by atoms with van der Waals surface area (Å²) in [4.78, 5) is 10.6. The maximum absolute atomic E-state index is 10.6. The van der Waals surface area contributed by atoms with Crippen LogP contribution in [0.25, 0.3) is 0 Å². The molecule has 0 saturated heterocycles. The first-order valence-corrected chi connectivity index (χ1v) is 3.58. The van der Waals surface area contributed by atoms with Gasteiger partial charge in [0.2, 0.25) is 12.0 Å². The van der Waals surface area contributed by atoms with Crippen molar-refractivity contribution in [2.24, 2.45) is 7.05 Å². The number of carbonyl (C=O) groups is 1. The first kappa shape index (κ1) is 19.8. The Bertz CT molecular complexity index is 303. The van der Waals surface area contributed by atoms with Crippen molar-refractivity contribution in [2.45, 2.75) is 13.8 Å². The standard InChI is InChI=1S/C9H12NO.2HI.H3N/c1-7-4-5-10(3)9(6-11)8(7)2;;;/h4-6H,1-3H3;2*1H;1H3/q+1;;;/p-1. The van der Waals surface area contributed by atoms with Crippen LogP contribution in [-0.2, 0) is 7.05 Å². The van der Waals surface area contributed by atoms with Gasteiger partial charge < -0.3 is 30.1 Å². The molecule has 3 nitrogen and oxygen atoms in total. The smallest absolute Gasteiger partial charge is 0.248 e. The number of hydrogen-bond donors (Lipinski definition) is 1. The molecule has 0 atom stereocenters. The Kier molecular flexibility index (Phi) is 12.1. The number of halogens is 2. The molecule has 0 unspecified atom stereocenters. The quantitative estimate of drug-likeness (QED) is 0.349. The number of aryl methyl sites for hydroxylation is 2. The molecule has 5 heteroatoms. The van der Waals surface area contributed by atoms with Crippen molar-refractivity contribution >= 4 is 30.3 Å². The lowest BCUT2D eigenvalue weighted by atomic mass is 10.1. The van der Waals surface area contributed by atoms with E-state index in [1.807, 2.05) is 37.7 Å². The Balaban J connectivity index is -0.000000403. The van der Waals surface area contributed by atoms with E-state index in [1.165, 1.54) is 0 Å². The fraction of sp³-hybridized carbons (Fsp3) is 0.333. The molecule has 0 aromatic carbocycles. The summed E-state index contributed by atoms with van der Waals surface area (Å²) in [6.07, 6.45) is 2.79. The van der Waals surface area contributed by atoms with E-state index in [9.17, 15) is 4.79 Å². The molecule has 1 aromatic heterocycles. The highest BCUT2D eigenvalue weighted by Crippen LogP contribution is 2.05. The van der Waals surface area contributed by atoms with Crippen LogP contribution >= 0.6 is 24.0 Å². The molecule has 82 valence electrons. The summed E-state index contributed by atoms with van der Waals surface area (Å²) in [5.74, 6) is 0. The molecule has 0 amide bonds. The molecule has 0 radical (unpaired) electrons. The van der Waals surface area contributed by atoms with Crippen LogP contribution in [-0.4, -0.2) is 6.29 Å². The summed E-state index contributed by atoms with van der Waals surface area (Å²) in [7, 11) is 1.87. The lowest BCUT2D eigenvalue weighted by Gasteiger charge is -1.99. The number of aromatic nitrogens is 1. The van der Waals surface area contributed by atoms with Crippen molar-refractivity contribution in [3.8, 4) is 0 Å². The lowest BCUT2D eigenvalue weighted by Crippen LogP contribution is -3.00. The van der Waals surface area contributed by atoms with Crippen LogP contribution in [0.3, 0.4) is 0 Å². The second-order valence-corrected chi connectivity index (χ2v) is 2.74. The number of carbonyl (C=O) groups excluding carboxylic acids is 1. The van der Waals surface area contributed by atoms with E-state index in [1.54, 1.807) is 0 Å². The second-order valence-electron chi connectivity index (χ2n) is 2.74. The first-order valence-electron chi connectivity index (χ1n) is 3.58. The Hall–Kier alpha value is 0.240. The molecule has 1 rings (SSSR count). The van der Waals surface area contributed by atoms with Gasteiger partial charge in [-0.1, -0.05) is 0 Å². The van der Waals surface area contributed by atoms with Gasteiger partial charge in [-0.25, -0.2) is 0 Å². The molecule has 14 heavy (non-hydrogen) atoms. The summed E-state index contributed by atoms with van der Waals surface area (Å²) in [6, 6.07) is 2.00. The van der Waals surface area contributed by atoms with E-state index < -0.39 is 0 Å². The van der Waals surface area contributed by atoms with Crippen LogP contribution in [0.15, 0.2) is 12.3 Å². The summed E-state index contributed by atoms with van der Waals surface area (Å²) < 4.78 is 1.83. The fourth-order valence-corrected chi connectivity index (χ4v) is 1.07. The molecule has 0 fully saturated rings. The molecule has 0 aliphatic heterocycles. The van der Waals surface area contributed by atoms with Crippen LogP contribution < -0.4 is 34.7 Å². The zero-order valence-electron chi connectivity index (χ0n) is 8.58. The minimum atomic E-state index is 0. The first-order chi connectivity index (χ1) is 5.16. The van der Waals surface area contributed by atoms with Crippen molar-refractivity contribution in [3.05, 3.63) is 29.1 Å². The van der Waals surface area contributed by atoms with Crippen LogP contribution in [0.5, 0.6) is 0 Å². The maximum atomic E-state index is 10.6. The number of hydrogen-bond acceptors (Lipinski definition) is 2. The third kappa shape index (κ3) is 4.18. The van der Waals surface area contributed by atoms with Gasteiger partial charge in [0, 0.05) is 11.6 Å². The zero-order chi connectivity index (χ0) is 8.43. The topological polar surface area (TPSA) is 56.0 Å². The van der Waals surface area contributed by atoms with Crippen molar-refractivity contribution in [3.63, 3.8) is 0 Å². The SMILES string of the molecule is Cc1cc[n+](C)c(C=O)c1C.I.N.[I-]. The third-order valence-electron chi connectivity index (χ3n) is 2.02. The van der Waals surface area contributed by atoms with Crippen LogP contribution in [0.2, 0.25) is 0 Å². The van der Waals surface area contributed by atoms with E-state index in [2.05, 4.69) is 0 Å². The van der Waals surface area contributed by atoms with Gasteiger partial charge in [0.25, 0.3) is 0 Å². The number of aldehydes is 1. The van der Waals surface area contributed by atoms with Gasteiger partial charge in [0.1, 0.15) is 7.05 Å². The van der Waals surface area contributed by atoms with E-state index >= 15 is 0 Å². The van der Waals surface area contributed by atoms with Gasteiger partial charge in [0.15, 0.2) is 6.20 Å². The average Bonchev–Trinajstić information content (AvgIpc) is 1.99. The van der Waals surface area contributed by atoms with Crippen LogP contribution in [0, 0.1) is 13.8 Å². The predicted octanol–water partition coefficient (Wildman–Crippen LogP) is -1.28. The summed E-state index contributed by atoms with van der Waals surface area (Å²) >= 11 is 0. The lowest BCUT2D eigenvalue weighted by molar-refractivity contribution is -0.673. The highest BCUT2D eigenvalue weighted by molar-refractivity contribution is 14.0. The van der Waals surface area contributed by atoms with E-state index in [0.717, 1.165) is 23.1 Å². The average molecular weight is 422 g/mol. The number of pyridine rings is 1. The summed E-state index contributed by atoms with van der Waals surface area (Å²) in [6.45, 7) is 3.96. The molecule has 0 spiro atoms. The summed E-state index contributed by atoms with van der Waals surface area (Å²) in [5.41, 5.74) is 2.97. The second kappa shape index (κ2) is 8.54. The van der Waals surface area contributed by atoms with E-state index in [4.69, 9.17) is 0 Å². The van der Waals surface area contributed by atoms with Gasteiger partial charge in [-0.15, -0.1) is 24.0 Å². The molecule has 1 aromatic rings. The van der Waals surface area contributed by atoms with E-state index in [-0.39, 0.29) is 54.1 Å². The molecule has 0 aliphatic rings. The van der Waals surface area contributed by atoms with Crippen molar-refractivity contribution < 1.29 is 33.3 Å². The highest BCUT2D eigenvalue weighted by atomic mass is 127. The zero-order valence-corrected chi connectivity index (χ0v) is 13.1. The van der Waals surface area contributed by atoms with Gasteiger partial charge in [-0.3, -0.25) is 4.79 Å². The number of rotatable bonds is 1. The monoisotopic (exact) mass is 422 g/mol. The van der Waals surface area contributed by atoms with Gasteiger partial charge >= 0.3 is 0 Å². The van der Waals surface area contributed by atoms with Crippen LogP contribution in [0.1, 0.15) is 21.6 Å². The van der Waals surface area contributed by atoms with E-state index in [0.29, 0.717) is 0 Å². The maximum Gasteiger partial charge on any atom is 0.248 e. The minimum Gasteiger partial charge on any atom is -1.00 e. The van der Waals surface area contributed by atoms with Crippen molar-refractivity contribution in [1.29, 1.82) is 0 Å². The molecule has 0 saturated carbocycles. The molecule has 1 heterocycles. The Labute approximate surface area is 119 Å². The predicted molar refractivity (Wildman–Crippen MR) is 62.9 cm³/mol. The largest absolute Gasteiger partial charge is 1.00 e. The fourth-order valence-electron chi connectivity index (χ4n) is 1.07. The Morgan fingerprint density at radius 2 is 1.86 bits per heavy atom. The van der Waals surface area contributed by atoms with Crippen molar-refractivity contribution in [2.75, 3.05) is 0 Å². The number of nitrogens with zero attached hydrogens (tertiary/aromatic N) is 1. The molecular weight excluding hydrogens is 406 g/mol. The van der Waals surface area contributed by atoms with Gasteiger partial charge in [-0.05, 0) is 19.4 Å². The van der Waals surface area contributed by atoms with Crippen molar-refractivity contribution in [1.82, 2.24) is 6.15 Å². The molecule has 0 bridgehead atoms. The third-order valence-corrected chi connectivity index (χ3v) is 2.02. The minimum absolute atomic E-state index is 0. The van der Waals surface area contributed by atoms with Gasteiger partial charge in [-0.2, -0.15) is 4.57 Å². The Morgan fingerprint density at radius 1 is 1.36 bits per heavy atom. The molecule has 3 N–H and O–H groups in total. The normalized spacial score (nSPS) is 7.64. The highest BCUT2D eigenvalue weighted by Gasteiger charge is 2.09. The molecule has 0 aliphatic carbocycles.